The molecule has 2 amide bonds. The quantitative estimate of drug-likeness (QED) is 0.362. The number of nitriles is 1. The van der Waals surface area contributed by atoms with Crippen molar-refractivity contribution in [3.05, 3.63) is 23.2 Å². The molecule has 0 radical (unpaired) electrons. The number of rotatable bonds is 8. The molecule has 39 heavy (non-hydrogen) atoms. The molecule has 3 atom stereocenters. The summed E-state index contributed by atoms with van der Waals surface area (Å²) in [4.78, 5) is 28.4. The van der Waals surface area contributed by atoms with Gasteiger partial charge in [0, 0.05) is 24.7 Å². The Morgan fingerprint density at radius 1 is 1.23 bits per heavy atom. The number of piperidine rings is 1. The van der Waals surface area contributed by atoms with Gasteiger partial charge in [-0.15, -0.1) is 0 Å². The summed E-state index contributed by atoms with van der Waals surface area (Å²) in [6, 6.07) is 3.53. The van der Waals surface area contributed by atoms with Crippen LogP contribution >= 0.6 is 11.6 Å². The maximum absolute atomic E-state index is 13.7. The van der Waals surface area contributed by atoms with Gasteiger partial charge in [-0.2, -0.15) is 5.26 Å². The predicted octanol–water partition coefficient (Wildman–Crippen LogP) is 3.87. The first-order valence-corrected chi connectivity index (χ1v) is 15.4. The summed E-state index contributed by atoms with van der Waals surface area (Å²) in [5.74, 6) is -0.121. The smallest absolute Gasteiger partial charge is 0.411 e. The highest BCUT2D eigenvalue weighted by Crippen LogP contribution is 2.36. The number of benzene rings is 1. The van der Waals surface area contributed by atoms with E-state index in [4.69, 9.17) is 21.1 Å². The molecule has 12 heteroatoms. The minimum absolute atomic E-state index is 0.0125. The normalized spacial score (nSPS) is 23.7. The minimum atomic E-state index is -4.04. The van der Waals surface area contributed by atoms with Gasteiger partial charge in [-0.3, -0.25) is 9.69 Å². The van der Waals surface area contributed by atoms with Crippen LogP contribution in [0.15, 0.2) is 23.1 Å². The summed E-state index contributed by atoms with van der Waals surface area (Å²) >= 11 is 6.43. The van der Waals surface area contributed by atoms with E-state index in [1.807, 2.05) is 6.19 Å². The van der Waals surface area contributed by atoms with Crippen LogP contribution in [0.5, 0.6) is 5.75 Å². The highest BCUT2D eigenvalue weighted by molar-refractivity contribution is 7.92. The Balaban J connectivity index is 1.49. The highest BCUT2D eigenvalue weighted by Gasteiger charge is 2.49. The predicted molar refractivity (Wildman–Crippen MR) is 145 cm³/mol. The molecule has 2 heterocycles. The lowest BCUT2D eigenvalue weighted by atomic mass is 10.0. The number of likely N-dealkylation sites (tertiary alicyclic amines) is 1. The zero-order valence-electron chi connectivity index (χ0n) is 22.7. The second-order valence-corrected chi connectivity index (χ2v) is 14.1. The number of carbonyl (C=O) groups excluding carboxylic acids is 2. The summed E-state index contributed by atoms with van der Waals surface area (Å²) in [6.45, 7) is 6.30. The van der Waals surface area contributed by atoms with Gasteiger partial charge in [0.25, 0.3) is 5.91 Å². The Bertz CT molecular complexity index is 1220. The van der Waals surface area contributed by atoms with E-state index in [9.17, 15) is 23.3 Å². The summed E-state index contributed by atoms with van der Waals surface area (Å²) in [6.07, 6.45) is 6.68. The Kier molecular flexibility index (Phi) is 8.98. The van der Waals surface area contributed by atoms with Crippen LogP contribution in [0.4, 0.5) is 4.79 Å². The van der Waals surface area contributed by atoms with E-state index in [1.54, 1.807) is 26.8 Å². The van der Waals surface area contributed by atoms with Crippen molar-refractivity contribution >= 4 is 33.4 Å². The number of carbonyl (C=O) groups is 2. The number of nitrogens with one attached hydrogen (secondary N) is 1. The second kappa shape index (κ2) is 11.9. The minimum Gasteiger partial charge on any atom is -0.493 e. The van der Waals surface area contributed by atoms with Crippen molar-refractivity contribution in [3.8, 4) is 11.9 Å². The van der Waals surface area contributed by atoms with E-state index in [0.29, 0.717) is 31.2 Å². The molecule has 1 N–H and O–H groups in total. The molecular weight excluding hydrogens is 544 g/mol. The number of halogens is 1. The Morgan fingerprint density at radius 3 is 2.56 bits per heavy atom. The van der Waals surface area contributed by atoms with Crippen LogP contribution in [-0.2, 0) is 19.4 Å². The van der Waals surface area contributed by atoms with Crippen LogP contribution in [0.25, 0.3) is 0 Å². The number of nitrogens with zero attached hydrogens (tertiary/aromatic N) is 3. The van der Waals surface area contributed by atoms with Crippen LogP contribution in [0, 0.1) is 11.5 Å². The van der Waals surface area contributed by atoms with Gasteiger partial charge in [-0.05, 0) is 78.0 Å². The molecule has 1 unspecified atom stereocenters. The third kappa shape index (κ3) is 7.16. The number of amides is 2. The maximum atomic E-state index is 13.7. The topological polar surface area (TPSA) is 129 Å². The fraction of sp³-hybridized carbons (Fsp3) is 0.667. The molecule has 0 spiro atoms. The molecular formula is C27H37ClN4O6S. The van der Waals surface area contributed by atoms with Crippen molar-refractivity contribution in [1.82, 2.24) is 15.1 Å². The van der Waals surface area contributed by atoms with E-state index in [2.05, 4.69) is 5.32 Å². The van der Waals surface area contributed by atoms with Gasteiger partial charge in [0.2, 0.25) is 0 Å². The van der Waals surface area contributed by atoms with E-state index >= 15 is 0 Å². The Labute approximate surface area is 235 Å². The van der Waals surface area contributed by atoms with Crippen LogP contribution in [-0.4, -0.2) is 78.9 Å². The molecule has 3 aliphatic rings. The Morgan fingerprint density at radius 2 is 1.97 bits per heavy atom. The molecule has 2 saturated heterocycles. The van der Waals surface area contributed by atoms with Crippen molar-refractivity contribution in [2.75, 3.05) is 19.7 Å². The van der Waals surface area contributed by atoms with Crippen molar-refractivity contribution in [2.45, 2.75) is 99.6 Å². The van der Waals surface area contributed by atoms with Crippen LogP contribution in [0.1, 0.15) is 65.7 Å². The van der Waals surface area contributed by atoms with Gasteiger partial charge in [0.15, 0.2) is 16.0 Å². The molecule has 0 bridgehead atoms. The molecule has 214 valence electrons. The van der Waals surface area contributed by atoms with Gasteiger partial charge in [0.1, 0.15) is 17.4 Å². The molecule has 1 aliphatic carbocycles. The van der Waals surface area contributed by atoms with Crippen molar-refractivity contribution in [1.29, 1.82) is 5.26 Å². The third-order valence-electron chi connectivity index (χ3n) is 7.23. The van der Waals surface area contributed by atoms with Crippen LogP contribution in [0.2, 0.25) is 5.02 Å². The SMILES string of the molecule is CC(C)(C)OC(=O)N1C[C@H](S(=O)(=O)c2ccc(OCCC3CCCCN3)cc2Cl)C[C@H]1C(=O)N(C#N)C1CC1. The van der Waals surface area contributed by atoms with Gasteiger partial charge < -0.3 is 14.8 Å². The zero-order chi connectivity index (χ0) is 28.4. The first-order valence-electron chi connectivity index (χ1n) is 13.5. The lowest BCUT2D eigenvalue weighted by Gasteiger charge is -2.29. The molecule has 3 fully saturated rings. The van der Waals surface area contributed by atoms with Gasteiger partial charge in [0.05, 0.1) is 21.8 Å². The zero-order valence-corrected chi connectivity index (χ0v) is 24.3. The second-order valence-electron chi connectivity index (χ2n) is 11.5. The average Bonchev–Trinajstić information content (AvgIpc) is 3.59. The standard InChI is InChI=1S/C27H37ClN4O6S/c1-27(2,3)38-26(34)31-16-21(15-23(31)25(33)32(17-29)19-7-8-19)39(35,36)24-10-9-20(14-22(24)28)37-13-11-18-6-4-5-12-30-18/h9-10,14,18-19,21,23,30H,4-8,11-13,15-16H2,1-3H3/t18?,21-,23+/m1/s1. The first kappa shape index (κ1) is 29.4. The summed E-state index contributed by atoms with van der Waals surface area (Å²) in [5, 5.41) is 11.9. The lowest BCUT2D eigenvalue weighted by Crippen LogP contribution is -2.48. The molecule has 10 nitrogen and oxygen atoms in total. The average molecular weight is 581 g/mol. The lowest BCUT2D eigenvalue weighted by molar-refractivity contribution is -0.133. The van der Waals surface area contributed by atoms with E-state index in [0.717, 1.165) is 29.2 Å². The van der Waals surface area contributed by atoms with E-state index in [1.165, 1.54) is 25.0 Å². The Hall–Kier alpha value is -2.55. The molecule has 1 aromatic rings. The largest absolute Gasteiger partial charge is 0.493 e. The summed E-state index contributed by atoms with van der Waals surface area (Å²) < 4.78 is 38.7. The summed E-state index contributed by atoms with van der Waals surface area (Å²) in [5.41, 5.74) is -0.848. The first-order chi connectivity index (χ1) is 18.4. The highest BCUT2D eigenvalue weighted by atomic mass is 35.5. The third-order valence-corrected chi connectivity index (χ3v) is 9.84. The van der Waals surface area contributed by atoms with Crippen LogP contribution < -0.4 is 10.1 Å². The number of sulfone groups is 1. The van der Waals surface area contributed by atoms with Crippen molar-refractivity contribution in [3.63, 3.8) is 0 Å². The summed E-state index contributed by atoms with van der Waals surface area (Å²) in [7, 11) is -4.04. The van der Waals surface area contributed by atoms with Gasteiger partial charge in [-0.1, -0.05) is 18.0 Å². The van der Waals surface area contributed by atoms with E-state index in [-0.39, 0.29) is 28.9 Å². The monoisotopic (exact) mass is 580 g/mol. The number of hydrogen-bond acceptors (Lipinski definition) is 8. The maximum Gasteiger partial charge on any atom is 0.411 e. The fourth-order valence-electron chi connectivity index (χ4n) is 5.05. The number of hydrogen-bond donors (Lipinski definition) is 1. The molecule has 2 aliphatic heterocycles. The number of ether oxygens (including phenoxy) is 2. The van der Waals surface area contributed by atoms with Crippen molar-refractivity contribution < 1.29 is 27.5 Å². The van der Waals surface area contributed by atoms with E-state index < -0.39 is 38.7 Å². The van der Waals surface area contributed by atoms with Crippen molar-refractivity contribution in [2.24, 2.45) is 0 Å². The molecule has 0 aromatic heterocycles. The molecule has 1 saturated carbocycles. The van der Waals surface area contributed by atoms with Gasteiger partial charge in [-0.25, -0.2) is 18.1 Å². The fourth-order valence-corrected chi connectivity index (χ4v) is 7.29. The molecule has 1 aromatic carbocycles. The molecule has 4 rings (SSSR count). The van der Waals surface area contributed by atoms with Gasteiger partial charge >= 0.3 is 6.09 Å². The van der Waals surface area contributed by atoms with Crippen LogP contribution in [0.3, 0.4) is 0 Å².